The monoisotopic (exact) mass is 257 g/mol. The third-order valence-corrected chi connectivity index (χ3v) is 2.26. The molecule has 1 saturated heterocycles. The van der Waals surface area contributed by atoms with Crippen LogP contribution in [0.15, 0.2) is 0 Å². The van der Waals surface area contributed by atoms with Crippen LogP contribution in [0.1, 0.15) is 20.8 Å². The Kier molecular flexibility index (Phi) is 4.28. The summed E-state index contributed by atoms with van der Waals surface area (Å²) in [6.07, 6.45) is -0.656. The highest BCUT2D eigenvalue weighted by Crippen LogP contribution is 2.12. The van der Waals surface area contributed by atoms with E-state index in [9.17, 15) is 14.4 Å². The predicted molar refractivity (Wildman–Crippen MR) is 63.6 cm³/mol. The quantitative estimate of drug-likeness (QED) is 0.676. The maximum Gasteiger partial charge on any atom is 0.411 e. The van der Waals surface area contributed by atoms with Crippen molar-refractivity contribution >= 4 is 17.9 Å². The number of hydrogen-bond donors (Lipinski definition) is 1. The van der Waals surface area contributed by atoms with Crippen molar-refractivity contribution in [1.82, 2.24) is 9.80 Å². The molecular weight excluding hydrogens is 238 g/mol. The van der Waals surface area contributed by atoms with Crippen molar-refractivity contribution in [3.8, 4) is 0 Å². The number of amides is 3. The molecule has 1 aliphatic heterocycles. The first kappa shape index (κ1) is 14.4. The number of nitrogens with two attached hydrogens (primary N) is 1. The van der Waals surface area contributed by atoms with E-state index < -0.39 is 23.5 Å². The van der Waals surface area contributed by atoms with E-state index in [1.165, 1.54) is 0 Å². The van der Waals surface area contributed by atoms with E-state index in [2.05, 4.69) is 0 Å². The van der Waals surface area contributed by atoms with Crippen LogP contribution >= 0.6 is 0 Å². The predicted octanol–water partition coefficient (Wildman–Crippen LogP) is -0.449. The number of rotatable bonds is 2. The Labute approximate surface area is 106 Å². The van der Waals surface area contributed by atoms with Crippen LogP contribution in [-0.4, -0.2) is 59.5 Å². The minimum atomic E-state index is -0.656. The minimum Gasteiger partial charge on any atom is -0.444 e. The lowest BCUT2D eigenvalue weighted by atomic mass is 10.2. The Morgan fingerprint density at radius 1 is 1.28 bits per heavy atom. The van der Waals surface area contributed by atoms with Gasteiger partial charge in [-0.15, -0.1) is 0 Å². The summed E-state index contributed by atoms with van der Waals surface area (Å²) in [7, 11) is 0. The fourth-order valence-electron chi connectivity index (χ4n) is 1.53. The summed E-state index contributed by atoms with van der Waals surface area (Å²) in [5, 5.41) is 0. The smallest absolute Gasteiger partial charge is 0.411 e. The summed E-state index contributed by atoms with van der Waals surface area (Å²) in [4.78, 5) is 37.2. The van der Waals surface area contributed by atoms with E-state index in [-0.39, 0.29) is 26.2 Å². The Morgan fingerprint density at radius 3 is 2.17 bits per heavy atom. The van der Waals surface area contributed by atoms with Crippen LogP contribution < -0.4 is 5.73 Å². The number of nitrogens with zero attached hydrogens (tertiary/aromatic N) is 2. The van der Waals surface area contributed by atoms with Gasteiger partial charge in [-0.1, -0.05) is 0 Å². The molecule has 0 aliphatic carbocycles. The Balaban J connectivity index is 2.66. The molecule has 0 aromatic heterocycles. The van der Waals surface area contributed by atoms with Crippen molar-refractivity contribution in [1.29, 1.82) is 0 Å². The lowest BCUT2D eigenvalue weighted by Crippen LogP contribution is -2.57. The average Bonchev–Trinajstić information content (AvgIpc) is 2.20. The Hall–Kier alpha value is -1.63. The molecule has 18 heavy (non-hydrogen) atoms. The SMILES string of the molecule is CC(C)(C)OC(=O)N1CC(=O)N(CCN)C(=O)C1. The molecule has 0 spiro atoms. The number of ether oxygens (including phenoxy) is 1. The fraction of sp³-hybridized carbons (Fsp3) is 0.727. The second kappa shape index (κ2) is 5.34. The Morgan fingerprint density at radius 2 is 1.78 bits per heavy atom. The van der Waals surface area contributed by atoms with Gasteiger partial charge in [0, 0.05) is 13.1 Å². The molecular formula is C11H19N3O4. The van der Waals surface area contributed by atoms with Gasteiger partial charge in [0.15, 0.2) is 0 Å². The first-order valence-electron chi connectivity index (χ1n) is 5.76. The number of carbonyl (C=O) groups excluding carboxylic acids is 3. The fourth-order valence-corrected chi connectivity index (χ4v) is 1.53. The molecule has 0 atom stereocenters. The summed E-state index contributed by atoms with van der Waals surface area (Å²) in [6, 6.07) is 0. The maximum absolute atomic E-state index is 11.7. The molecule has 0 saturated carbocycles. The molecule has 0 radical (unpaired) electrons. The molecule has 1 rings (SSSR count). The van der Waals surface area contributed by atoms with Crippen LogP contribution in [0.5, 0.6) is 0 Å². The third kappa shape index (κ3) is 3.69. The lowest BCUT2D eigenvalue weighted by Gasteiger charge is -2.33. The average molecular weight is 257 g/mol. The molecule has 2 N–H and O–H groups in total. The van der Waals surface area contributed by atoms with Crippen LogP contribution in [0, 0.1) is 0 Å². The van der Waals surface area contributed by atoms with E-state index in [1.807, 2.05) is 0 Å². The second-order valence-corrected chi connectivity index (χ2v) is 5.06. The first-order valence-corrected chi connectivity index (χ1v) is 5.76. The van der Waals surface area contributed by atoms with Crippen molar-refractivity contribution in [2.45, 2.75) is 26.4 Å². The molecule has 102 valence electrons. The molecule has 0 aromatic rings. The van der Waals surface area contributed by atoms with Crippen LogP contribution in [0.4, 0.5) is 4.79 Å². The largest absolute Gasteiger partial charge is 0.444 e. The molecule has 1 heterocycles. The van der Waals surface area contributed by atoms with Gasteiger partial charge in [0.05, 0.1) is 0 Å². The number of imide groups is 1. The van der Waals surface area contributed by atoms with Crippen molar-refractivity contribution in [2.24, 2.45) is 5.73 Å². The van der Waals surface area contributed by atoms with Gasteiger partial charge in [0.2, 0.25) is 11.8 Å². The van der Waals surface area contributed by atoms with Crippen LogP contribution in [0.25, 0.3) is 0 Å². The van der Waals surface area contributed by atoms with Crippen molar-refractivity contribution in [3.05, 3.63) is 0 Å². The van der Waals surface area contributed by atoms with Crippen molar-refractivity contribution < 1.29 is 19.1 Å². The van der Waals surface area contributed by atoms with E-state index in [0.29, 0.717) is 0 Å². The summed E-state index contributed by atoms with van der Waals surface area (Å²) in [5.41, 5.74) is 4.65. The zero-order valence-electron chi connectivity index (χ0n) is 10.9. The van der Waals surface area contributed by atoms with Crippen LogP contribution in [0.3, 0.4) is 0 Å². The molecule has 1 fully saturated rings. The van der Waals surface area contributed by atoms with Gasteiger partial charge < -0.3 is 10.5 Å². The van der Waals surface area contributed by atoms with Gasteiger partial charge in [0.1, 0.15) is 18.7 Å². The standard InChI is InChI=1S/C11H19N3O4/c1-11(2,3)18-10(17)13-6-8(15)14(5-4-12)9(16)7-13/h4-7,12H2,1-3H3. The maximum atomic E-state index is 11.7. The van der Waals surface area contributed by atoms with Gasteiger partial charge >= 0.3 is 6.09 Å². The minimum absolute atomic E-state index is 0.152. The molecule has 0 bridgehead atoms. The third-order valence-electron chi connectivity index (χ3n) is 2.26. The first-order chi connectivity index (χ1) is 8.24. The van der Waals surface area contributed by atoms with Gasteiger partial charge in [-0.05, 0) is 20.8 Å². The summed E-state index contributed by atoms with van der Waals surface area (Å²) in [6.45, 7) is 5.25. The lowest BCUT2D eigenvalue weighted by molar-refractivity contribution is -0.150. The molecule has 1 aliphatic rings. The van der Waals surface area contributed by atoms with Gasteiger partial charge in [0.25, 0.3) is 0 Å². The molecule has 3 amide bonds. The number of hydrogen-bond acceptors (Lipinski definition) is 5. The highest BCUT2D eigenvalue weighted by Gasteiger charge is 2.34. The molecule has 7 nitrogen and oxygen atoms in total. The highest BCUT2D eigenvalue weighted by molar-refractivity contribution is 6.01. The van der Waals surface area contributed by atoms with Crippen LogP contribution in [-0.2, 0) is 14.3 Å². The van der Waals surface area contributed by atoms with Gasteiger partial charge in [-0.2, -0.15) is 0 Å². The molecule has 0 aromatic carbocycles. The topological polar surface area (TPSA) is 92.9 Å². The summed E-state index contributed by atoms with van der Waals surface area (Å²) in [5.74, 6) is -0.856. The van der Waals surface area contributed by atoms with E-state index in [1.54, 1.807) is 20.8 Å². The zero-order valence-corrected chi connectivity index (χ0v) is 10.9. The van der Waals surface area contributed by atoms with E-state index in [4.69, 9.17) is 10.5 Å². The van der Waals surface area contributed by atoms with Gasteiger partial charge in [-0.25, -0.2) is 4.79 Å². The second-order valence-electron chi connectivity index (χ2n) is 5.06. The van der Waals surface area contributed by atoms with Crippen molar-refractivity contribution in [2.75, 3.05) is 26.2 Å². The molecule has 0 unspecified atom stereocenters. The normalized spacial score (nSPS) is 17.1. The van der Waals surface area contributed by atoms with Gasteiger partial charge in [-0.3, -0.25) is 19.4 Å². The van der Waals surface area contributed by atoms with E-state index in [0.717, 1.165) is 9.80 Å². The highest BCUT2D eigenvalue weighted by atomic mass is 16.6. The van der Waals surface area contributed by atoms with Crippen LogP contribution in [0.2, 0.25) is 0 Å². The Bertz CT molecular complexity index is 344. The molecule has 7 heteroatoms. The number of carbonyl (C=O) groups is 3. The number of piperazine rings is 1. The van der Waals surface area contributed by atoms with Crippen molar-refractivity contribution in [3.63, 3.8) is 0 Å². The summed E-state index contributed by atoms with van der Waals surface area (Å²) < 4.78 is 5.11. The van der Waals surface area contributed by atoms with E-state index >= 15 is 0 Å². The zero-order chi connectivity index (χ0) is 13.9. The summed E-state index contributed by atoms with van der Waals surface area (Å²) >= 11 is 0.